The molecule has 1 heterocycles. The van der Waals surface area contributed by atoms with E-state index >= 15 is 0 Å². The SMILES string of the molecule is CCN(c1ccc(NC(=O)[C@@H]2CNC[C@H]2C)cc1)C(C)C. The van der Waals surface area contributed by atoms with Crippen LogP contribution in [-0.2, 0) is 4.79 Å². The Balaban J connectivity index is 2.00. The maximum absolute atomic E-state index is 12.2. The molecule has 1 aromatic rings. The van der Waals surface area contributed by atoms with E-state index in [1.54, 1.807) is 0 Å². The van der Waals surface area contributed by atoms with Gasteiger partial charge in [0.25, 0.3) is 0 Å². The van der Waals surface area contributed by atoms with Crippen LogP contribution in [-0.4, -0.2) is 31.6 Å². The summed E-state index contributed by atoms with van der Waals surface area (Å²) in [6.07, 6.45) is 0. The summed E-state index contributed by atoms with van der Waals surface area (Å²) in [5.74, 6) is 0.602. The number of nitrogens with one attached hydrogen (secondary N) is 2. The van der Waals surface area contributed by atoms with Gasteiger partial charge in [0, 0.05) is 30.5 Å². The molecular formula is C17H27N3O. The fraction of sp³-hybridized carbons (Fsp3) is 0.588. The Hall–Kier alpha value is -1.55. The molecule has 116 valence electrons. The zero-order valence-electron chi connectivity index (χ0n) is 13.5. The largest absolute Gasteiger partial charge is 0.369 e. The average Bonchev–Trinajstić information content (AvgIpc) is 2.87. The van der Waals surface area contributed by atoms with E-state index in [1.807, 2.05) is 12.1 Å². The topological polar surface area (TPSA) is 44.4 Å². The first-order chi connectivity index (χ1) is 10.0. The van der Waals surface area contributed by atoms with Gasteiger partial charge in [-0.25, -0.2) is 0 Å². The van der Waals surface area contributed by atoms with Crippen LogP contribution in [0.4, 0.5) is 11.4 Å². The normalized spacial score (nSPS) is 21.6. The Bertz CT molecular complexity index is 469. The van der Waals surface area contributed by atoms with Crippen molar-refractivity contribution in [1.82, 2.24) is 5.32 Å². The summed E-state index contributed by atoms with van der Waals surface area (Å²) in [5.41, 5.74) is 2.07. The van der Waals surface area contributed by atoms with Crippen molar-refractivity contribution in [1.29, 1.82) is 0 Å². The number of nitrogens with zero attached hydrogens (tertiary/aromatic N) is 1. The summed E-state index contributed by atoms with van der Waals surface area (Å²) in [5, 5.41) is 6.30. The van der Waals surface area contributed by atoms with Gasteiger partial charge >= 0.3 is 0 Å². The molecule has 0 radical (unpaired) electrons. The predicted molar refractivity (Wildman–Crippen MR) is 88.8 cm³/mol. The minimum atomic E-state index is 0.0764. The lowest BCUT2D eigenvalue weighted by Crippen LogP contribution is -2.30. The van der Waals surface area contributed by atoms with Crippen LogP contribution in [0.3, 0.4) is 0 Å². The van der Waals surface area contributed by atoms with E-state index in [-0.39, 0.29) is 11.8 Å². The van der Waals surface area contributed by atoms with Crippen molar-refractivity contribution in [2.24, 2.45) is 11.8 Å². The molecule has 21 heavy (non-hydrogen) atoms. The fourth-order valence-electron chi connectivity index (χ4n) is 2.98. The Morgan fingerprint density at radius 1 is 1.33 bits per heavy atom. The predicted octanol–water partition coefficient (Wildman–Crippen LogP) is 2.72. The van der Waals surface area contributed by atoms with Crippen molar-refractivity contribution in [2.75, 3.05) is 29.9 Å². The lowest BCUT2D eigenvalue weighted by molar-refractivity contribution is -0.120. The van der Waals surface area contributed by atoms with Crippen LogP contribution in [0.25, 0.3) is 0 Å². The molecule has 4 heteroatoms. The molecular weight excluding hydrogens is 262 g/mol. The summed E-state index contributed by atoms with van der Waals surface area (Å²) in [6, 6.07) is 8.61. The lowest BCUT2D eigenvalue weighted by Gasteiger charge is -2.27. The van der Waals surface area contributed by atoms with E-state index < -0.39 is 0 Å². The first-order valence-electron chi connectivity index (χ1n) is 7.91. The number of anilines is 2. The average molecular weight is 289 g/mol. The van der Waals surface area contributed by atoms with Crippen molar-refractivity contribution >= 4 is 17.3 Å². The van der Waals surface area contributed by atoms with Gasteiger partial charge in [-0.05, 0) is 57.5 Å². The van der Waals surface area contributed by atoms with Crippen LogP contribution >= 0.6 is 0 Å². The molecule has 1 aromatic carbocycles. The molecule has 2 rings (SSSR count). The van der Waals surface area contributed by atoms with Crippen LogP contribution in [0.2, 0.25) is 0 Å². The number of rotatable bonds is 5. The Morgan fingerprint density at radius 3 is 2.48 bits per heavy atom. The first-order valence-corrected chi connectivity index (χ1v) is 7.91. The van der Waals surface area contributed by atoms with Gasteiger partial charge in [0.05, 0.1) is 5.92 Å². The number of hydrogen-bond donors (Lipinski definition) is 2. The summed E-state index contributed by atoms with van der Waals surface area (Å²) in [6.45, 7) is 11.3. The van der Waals surface area contributed by atoms with Crippen LogP contribution in [0, 0.1) is 11.8 Å². The minimum absolute atomic E-state index is 0.0764. The zero-order valence-corrected chi connectivity index (χ0v) is 13.5. The second kappa shape index (κ2) is 6.94. The maximum atomic E-state index is 12.2. The van der Waals surface area contributed by atoms with Crippen molar-refractivity contribution in [3.8, 4) is 0 Å². The summed E-state index contributed by atoms with van der Waals surface area (Å²) in [4.78, 5) is 14.6. The summed E-state index contributed by atoms with van der Waals surface area (Å²) >= 11 is 0. The highest BCUT2D eigenvalue weighted by atomic mass is 16.1. The Morgan fingerprint density at radius 2 is 2.00 bits per heavy atom. The highest BCUT2D eigenvalue weighted by molar-refractivity contribution is 5.93. The van der Waals surface area contributed by atoms with Gasteiger partial charge in [0.15, 0.2) is 0 Å². The summed E-state index contributed by atoms with van der Waals surface area (Å²) < 4.78 is 0. The van der Waals surface area contributed by atoms with E-state index in [9.17, 15) is 4.79 Å². The van der Waals surface area contributed by atoms with Crippen LogP contribution in [0.15, 0.2) is 24.3 Å². The molecule has 1 saturated heterocycles. The number of carbonyl (C=O) groups excluding carboxylic acids is 1. The summed E-state index contributed by atoms with van der Waals surface area (Å²) in [7, 11) is 0. The Labute approximate surface area is 127 Å². The lowest BCUT2D eigenvalue weighted by atomic mass is 9.97. The van der Waals surface area contributed by atoms with E-state index in [2.05, 4.69) is 55.4 Å². The zero-order chi connectivity index (χ0) is 15.4. The molecule has 4 nitrogen and oxygen atoms in total. The van der Waals surface area contributed by atoms with Crippen molar-refractivity contribution < 1.29 is 4.79 Å². The molecule has 1 amide bonds. The third-order valence-electron chi connectivity index (χ3n) is 4.28. The fourth-order valence-corrected chi connectivity index (χ4v) is 2.98. The number of carbonyl (C=O) groups is 1. The molecule has 0 aromatic heterocycles. The van der Waals surface area contributed by atoms with Crippen molar-refractivity contribution in [3.63, 3.8) is 0 Å². The third-order valence-corrected chi connectivity index (χ3v) is 4.28. The third kappa shape index (κ3) is 3.76. The van der Waals surface area contributed by atoms with Gasteiger partial charge in [-0.1, -0.05) is 6.92 Å². The highest BCUT2D eigenvalue weighted by Crippen LogP contribution is 2.22. The quantitative estimate of drug-likeness (QED) is 0.876. The van der Waals surface area contributed by atoms with Crippen LogP contribution in [0.5, 0.6) is 0 Å². The minimum Gasteiger partial charge on any atom is -0.369 e. The number of amides is 1. The smallest absolute Gasteiger partial charge is 0.229 e. The van der Waals surface area contributed by atoms with E-state index in [4.69, 9.17) is 0 Å². The van der Waals surface area contributed by atoms with Gasteiger partial charge in [0.2, 0.25) is 5.91 Å². The van der Waals surface area contributed by atoms with E-state index in [0.29, 0.717) is 12.0 Å². The van der Waals surface area contributed by atoms with E-state index in [1.165, 1.54) is 5.69 Å². The molecule has 1 fully saturated rings. The number of benzene rings is 1. The molecule has 0 saturated carbocycles. The van der Waals surface area contributed by atoms with Gasteiger partial charge < -0.3 is 15.5 Å². The van der Waals surface area contributed by atoms with Gasteiger partial charge in [0.1, 0.15) is 0 Å². The van der Waals surface area contributed by atoms with Crippen LogP contribution in [0.1, 0.15) is 27.7 Å². The molecule has 2 atom stereocenters. The molecule has 0 spiro atoms. The molecule has 0 aliphatic carbocycles. The van der Waals surface area contributed by atoms with Crippen LogP contribution < -0.4 is 15.5 Å². The standard InChI is InChI=1S/C17H27N3O/c1-5-20(12(2)3)15-8-6-14(7-9-15)19-17(21)16-11-18-10-13(16)4/h6-9,12-13,16,18H,5,10-11H2,1-4H3,(H,19,21)/t13-,16-/m1/s1. The second-order valence-corrected chi connectivity index (χ2v) is 6.16. The van der Waals surface area contributed by atoms with E-state index in [0.717, 1.165) is 25.3 Å². The molecule has 0 bridgehead atoms. The monoisotopic (exact) mass is 289 g/mol. The molecule has 1 aliphatic heterocycles. The maximum Gasteiger partial charge on any atom is 0.229 e. The first kappa shape index (κ1) is 15.8. The van der Waals surface area contributed by atoms with Gasteiger partial charge in [-0.2, -0.15) is 0 Å². The Kier molecular flexibility index (Phi) is 5.23. The highest BCUT2D eigenvalue weighted by Gasteiger charge is 2.29. The van der Waals surface area contributed by atoms with Gasteiger partial charge in [-0.3, -0.25) is 4.79 Å². The second-order valence-electron chi connectivity index (χ2n) is 6.16. The molecule has 2 N–H and O–H groups in total. The molecule has 0 unspecified atom stereocenters. The van der Waals surface area contributed by atoms with Crippen molar-refractivity contribution in [3.05, 3.63) is 24.3 Å². The number of hydrogen-bond acceptors (Lipinski definition) is 3. The van der Waals surface area contributed by atoms with Gasteiger partial charge in [-0.15, -0.1) is 0 Å². The molecule has 1 aliphatic rings. The van der Waals surface area contributed by atoms with Crippen molar-refractivity contribution in [2.45, 2.75) is 33.7 Å².